The predicted octanol–water partition coefficient (Wildman–Crippen LogP) is 2.10. The van der Waals surface area contributed by atoms with Gasteiger partial charge in [0.15, 0.2) is 0 Å². The van der Waals surface area contributed by atoms with Crippen molar-refractivity contribution in [2.45, 2.75) is 26.3 Å². The fourth-order valence-corrected chi connectivity index (χ4v) is 3.77. The third-order valence-electron chi connectivity index (χ3n) is 5.06. The zero-order valence-electron chi connectivity index (χ0n) is 14.2. The van der Waals surface area contributed by atoms with Gasteiger partial charge in [0.25, 0.3) is 0 Å². The van der Waals surface area contributed by atoms with Gasteiger partial charge in [0.05, 0.1) is 5.41 Å². The Morgan fingerprint density at radius 3 is 2.70 bits per heavy atom. The maximum Gasteiger partial charge on any atom is 0.319 e. The van der Waals surface area contributed by atoms with E-state index in [0.717, 1.165) is 19.4 Å². The van der Waals surface area contributed by atoms with Gasteiger partial charge in [-0.25, -0.2) is 4.79 Å². The smallest absolute Gasteiger partial charge is 0.319 e. The summed E-state index contributed by atoms with van der Waals surface area (Å²) in [5.74, 6) is 0.216. The van der Waals surface area contributed by atoms with Gasteiger partial charge in [-0.3, -0.25) is 4.79 Å². The quantitative estimate of drug-likeness (QED) is 0.839. The zero-order valence-corrected chi connectivity index (χ0v) is 14.2. The van der Waals surface area contributed by atoms with Crippen LogP contribution in [0.4, 0.5) is 4.79 Å². The molecule has 23 heavy (non-hydrogen) atoms. The molecule has 0 unspecified atom stereocenters. The van der Waals surface area contributed by atoms with Crippen LogP contribution in [-0.4, -0.2) is 60.4 Å². The van der Waals surface area contributed by atoms with Crippen molar-refractivity contribution < 1.29 is 9.59 Å². The fourth-order valence-electron chi connectivity index (χ4n) is 3.77. The van der Waals surface area contributed by atoms with E-state index in [1.807, 2.05) is 15.9 Å². The number of benzene rings is 1. The van der Waals surface area contributed by atoms with Crippen LogP contribution in [0.2, 0.25) is 0 Å². The van der Waals surface area contributed by atoms with E-state index in [4.69, 9.17) is 0 Å². The van der Waals surface area contributed by atoms with Crippen LogP contribution in [0.3, 0.4) is 0 Å². The molecule has 0 radical (unpaired) electrons. The predicted molar refractivity (Wildman–Crippen MR) is 88.9 cm³/mol. The van der Waals surface area contributed by atoms with Gasteiger partial charge >= 0.3 is 6.03 Å². The standard InChI is InChI=1S/C18H25N3O2/c1-14-5-4-6-15(11-14)12-20-9-7-18(16(20)22)8-10-21(13-18)17(23)19(2)3/h4-6,11H,7-10,12-13H2,1-3H3/t18-/m0/s1. The van der Waals surface area contributed by atoms with Crippen molar-refractivity contribution in [3.63, 3.8) is 0 Å². The molecule has 2 aliphatic rings. The van der Waals surface area contributed by atoms with E-state index in [1.165, 1.54) is 11.1 Å². The van der Waals surface area contributed by atoms with E-state index < -0.39 is 0 Å². The maximum atomic E-state index is 12.9. The minimum Gasteiger partial charge on any atom is -0.338 e. The Morgan fingerprint density at radius 1 is 1.26 bits per heavy atom. The molecule has 1 aromatic carbocycles. The van der Waals surface area contributed by atoms with Crippen LogP contribution in [0.15, 0.2) is 24.3 Å². The Kier molecular flexibility index (Phi) is 4.04. The molecule has 0 aromatic heterocycles. The Hall–Kier alpha value is -2.04. The van der Waals surface area contributed by atoms with E-state index in [1.54, 1.807) is 19.0 Å². The number of likely N-dealkylation sites (tertiary alicyclic amines) is 2. The molecular formula is C18H25N3O2. The minimum atomic E-state index is -0.352. The third-order valence-corrected chi connectivity index (χ3v) is 5.06. The second-order valence-corrected chi connectivity index (χ2v) is 7.09. The lowest BCUT2D eigenvalue weighted by molar-refractivity contribution is -0.135. The van der Waals surface area contributed by atoms with E-state index in [0.29, 0.717) is 19.6 Å². The number of nitrogens with zero attached hydrogens (tertiary/aromatic N) is 3. The Bertz CT molecular complexity index is 628. The van der Waals surface area contributed by atoms with Crippen molar-refractivity contribution >= 4 is 11.9 Å². The van der Waals surface area contributed by atoms with E-state index in [-0.39, 0.29) is 17.4 Å². The highest BCUT2D eigenvalue weighted by Gasteiger charge is 2.51. The van der Waals surface area contributed by atoms with Crippen LogP contribution in [0, 0.1) is 12.3 Å². The zero-order chi connectivity index (χ0) is 16.6. The number of hydrogen-bond donors (Lipinski definition) is 0. The molecule has 1 aromatic rings. The summed E-state index contributed by atoms with van der Waals surface area (Å²) in [5, 5.41) is 0. The molecule has 1 spiro atoms. The molecule has 0 N–H and O–H groups in total. The van der Waals surface area contributed by atoms with Crippen LogP contribution in [0.5, 0.6) is 0 Å². The molecule has 2 heterocycles. The van der Waals surface area contributed by atoms with Gasteiger partial charge in [0.1, 0.15) is 0 Å². The molecule has 5 heteroatoms. The Balaban J connectivity index is 1.68. The maximum absolute atomic E-state index is 12.9. The van der Waals surface area contributed by atoms with Crippen molar-refractivity contribution in [3.8, 4) is 0 Å². The van der Waals surface area contributed by atoms with Gasteiger partial charge in [0, 0.05) is 40.3 Å². The Morgan fingerprint density at radius 2 is 2.00 bits per heavy atom. The van der Waals surface area contributed by atoms with Gasteiger partial charge in [-0.2, -0.15) is 0 Å². The van der Waals surface area contributed by atoms with Gasteiger partial charge in [-0.15, -0.1) is 0 Å². The van der Waals surface area contributed by atoms with Gasteiger partial charge in [-0.1, -0.05) is 29.8 Å². The van der Waals surface area contributed by atoms with Crippen LogP contribution in [0.1, 0.15) is 24.0 Å². The summed E-state index contributed by atoms with van der Waals surface area (Å²) in [6.45, 7) is 4.77. The number of hydrogen-bond acceptors (Lipinski definition) is 2. The summed E-state index contributed by atoms with van der Waals surface area (Å²) >= 11 is 0. The molecular weight excluding hydrogens is 290 g/mol. The third kappa shape index (κ3) is 2.92. The van der Waals surface area contributed by atoms with Crippen LogP contribution in [-0.2, 0) is 11.3 Å². The lowest BCUT2D eigenvalue weighted by Crippen LogP contribution is -2.41. The number of carbonyl (C=O) groups is 2. The topological polar surface area (TPSA) is 43.9 Å². The second-order valence-electron chi connectivity index (χ2n) is 7.09. The summed E-state index contributed by atoms with van der Waals surface area (Å²) < 4.78 is 0. The number of urea groups is 1. The molecule has 0 aliphatic carbocycles. The molecule has 5 nitrogen and oxygen atoms in total. The molecule has 0 saturated carbocycles. The number of amides is 3. The molecule has 2 fully saturated rings. The molecule has 3 rings (SSSR count). The largest absolute Gasteiger partial charge is 0.338 e. The van der Waals surface area contributed by atoms with Gasteiger partial charge in [0.2, 0.25) is 5.91 Å². The highest BCUT2D eigenvalue weighted by molar-refractivity contribution is 5.87. The van der Waals surface area contributed by atoms with Crippen molar-refractivity contribution in [2.24, 2.45) is 5.41 Å². The highest BCUT2D eigenvalue weighted by Crippen LogP contribution is 2.41. The van der Waals surface area contributed by atoms with Crippen LogP contribution in [0.25, 0.3) is 0 Å². The average Bonchev–Trinajstić information content (AvgIpc) is 3.07. The highest BCUT2D eigenvalue weighted by atomic mass is 16.2. The first-order valence-corrected chi connectivity index (χ1v) is 8.22. The van der Waals surface area contributed by atoms with Gasteiger partial charge in [-0.05, 0) is 25.3 Å². The minimum absolute atomic E-state index is 0.00630. The molecule has 2 saturated heterocycles. The summed E-state index contributed by atoms with van der Waals surface area (Å²) in [5.41, 5.74) is 2.04. The molecule has 3 amide bonds. The van der Waals surface area contributed by atoms with Crippen LogP contribution >= 0.6 is 0 Å². The van der Waals surface area contributed by atoms with E-state index in [2.05, 4.69) is 25.1 Å². The van der Waals surface area contributed by atoms with Crippen LogP contribution < -0.4 is 0 Å². The molecule has 2 aliphatic heterocycles. The first-order valence-electron chi connectivity index (χ1n) is 8.22. The van der Waals surface area contributed by atoms with Crippen molar-refractivity contribution in [1.29, 1.82) is 0 Å². The van der Waals surface area contributed by atoms with Gasteiger partial charge < -0.3 is 14.7 Å². The summed E-state index contributed by atoms with van der Waals surface area (Å²) in [6, 6.07) is 8.31. The number of rotatable bonds is 2. The summed E-state index contributed by atoms with van der Waals surface area (Å²) in [7, 11) is 3.52. The van der Waals surface area contributed by atoms with Crippen molar-refractivity contribution in [3.05, 3.63) is 35.4 Å². The first-order chi connectivity index (χ1) is 10.9. The number of carbonyl (C=O) groups excluding carboxylic acids is 2. The fraction of sp³-hybridized carbons (Fsp3) is 0.556. The molecule has 0 bridgehead atoms. The normalized spacial score (nSPS) is 23.9. The summed E-state index contributed by atoms with van der Waals surface area (Å²) in [6.07, 6.45) is 1.64. The second kappa shape index (κ2) is 5.87. The molecule has 1 atom stereocenters. The lowest BCUT2D eigenvalue weighted by atomic mass is 9.85. The first kappa shape index (κ1) is 15.8. The monoisotopic (exact) mass is 315 g/mol. The lowest BCUT2D eigenvalue weighted by Gasteiger charge is -2.25. The van der Waals surface area contributed by atoms with Crippen molar-refractivity contribution in [1.82, 2.24) is 14.7 Å². The average molecular weight is 315 g/mol. The Labute approximate surface area is 137 Å². The number of aryl methyl sites for hydroxylation is 1. The van der Waals surface area contributed by atoms with E-state index >= 15 is 0 Å². The van der Waals surface area contributed by atoms with Crippen molar-refractivity contribution in [2.75, 3.05) is 33.7 Å². The molecule has 124 valence electrons. The summed E-state index contributed by atoms with van der Waals surface area (Å²) in [4.78, 5) is 30.4. The SMILES string of the molecule is Cc1cccc(CN2CC[C@@]3(CCN(C(=O)N(C)C)C3)C2=O)c1. The van der Waals surface area contributed by atoms with E-state index in [9.17, 15) is 9.59 Å².